The molecule has 0 fully saturated rings. The van der Waals surface area contributed by atoms with Crippen molar-refractivity contribution in [2.75, 3.05) is 12.4 Å². The molecule has 0 aliphatic heterocycles. The SMILES string of the molecule is CCc1c(C)nc2c(F)cc(F)c(Br)c2c1NC. The zero-order chi connectivity index (χ0) is 13.4. The van der Waals surface area contributed by atoms with Crippen LogP contribution < -0.4 is 5.32 Å². The predicted molar refractivity (Wildman–Crippen MR) is 73.0 cm³/mol. The lowest BCUT2D eigenvalue weighted by Crippen LogP contribution is -2.03. The summed E-state index contributed by atoms with van der Waals surface area (Å²) < 4.78 is 27.7. The average molecular weight is 315 g/mol. The Hall–Kier alpha value is -1.23. The largest absolute Gasteiger partial charge is 0.387 e. The van der Waals surface area contributed by atoms with Gasteiger partial charge in [0, 0.05) is 29.9 Å². The molecule has 1 heterocycles. The highest BCUT2D eigenvalue weighted by Crippen LogP contribution is 2.36. The molecular formula is C13H13BrF2N2. The van der Waals surface area contributed by atoms with Crippen LogP contribution >= 0.6 is 15.9 Å². The maximum Gasteiger partial charge on any atom is 0.152 e. The number of nitrogens with one attached hydrogen (secondary N) is 1. The molecule has 0 saturated carbocycles. The molecule has 0 bridgehead atoms. The third-order valence-corrected chi connectivity index (χ3v) is 3.79. The fourth-order valence-corrected chi connectivity index (χ4v) is 2.70. The Labute approximate surface area is 113 Å². The Morgan fingerprint density at radius 1 is 1.33 bits per heavy atom. The number of pyridine rings is 1. The van der Waals surface area contributed by atoms with Gasteiger partial charge in [-0.2, -0.15) is 0 Å². The minimum Gasteiger partial charge on any atom is -0.387 e. The molecule has 0 spiro atoms. The lowest BCUT2D eigenvalue weighted by atomic mass is 10.0. The van der Waals surface area contributed by atoms with E-state index in [1.54, 1.807) is 7.05 Å². The molecule has 0 saturated heterocycles. The second-order valence-electron chi connectivity index (χ2n) is 4.03. The second kappa shape index (κ2) is 4.80. The van der Waals surface area contributed by atoms with E-state index in [1.165, 1.54) is 0 Å². The quantitative estimate of drug-likeness (QED) is 0.841. The molecule has 2 aromatic rings. The number of fused-ring (bicyclic) bond motifs is 1. The average Bonchev–Trinajstić information content (AvgIpc) is 2.34. The van der Waals surface area contributed by atoms with Crippen LogP contribution in [0.5, 0.6) is 0 Å². The zero-order valence-corrected chi connectivity index (χ0v) is 12.0. The van der Waals surface area contributed by atoms with Crippen molar-refractivity contribution in [1.29, 1.82) is 0 Å². The molecule has 96 valence electrons. The van der Waals surface area contributed by atoms with Crippen LogP contribution in [0.15, 0.2) is 10.5 Å². The summed E-state index contributed by atoms with van der Waals surface area (Å²) in [5, 5.41) is 3.48. The monoisotopic (exact) mass is 314 g/mol. The van der Waals surface area contributed by atoms with Crippen LogP contribution in [0, 0.1) is 18.6 Å². The molecule has 1 aromatic carbocycles. The molecule has 0 amide bonds. The predicted octanol–water partition coefficient (Wildman–Crippen LogP) is 4.19. The summed E-state index contributed by atoms with van der Waals surface area (Å²) in [7, 11) is 1.74. The molecule has 1 aromatic heterocycles. The van der Waals surface area contributed by atoms with Crippen LogP contribution in [-0.4, -0.2) is 12.0 Å². The minimum atomic E-state index is -0.645. The van der Waals surface area contributed by atoms with Gasteiger partial charge in [0.05, 0.1) is 4.47 Å². The number of aryl methyl sites for hydroxylation is 1. The molecule has 0 atom stereocenters. The first kappa shape index (κ1) is 13.2. The first-order valence-corrected chi connectivity index (χ1v) is 6.45. The maximum atomic E-state index is 13.8. The number of hydrogen-bond acceptors (Lipinski definition) is 2. The number of rotatable bonds is 2. The van der Waals surface area contributed by atoms with E-state index in [1.807, 2.05) is 13.8 Å². The van der Waals surface area contributed by atoms with Gasteiger partial charge in [-0.05, 0) is 34.8 Å². The summed E-state index contributed by atoms with van der Waals surface area (Å²) >= 11 is 3.17. The van der Waals surface area contributed by atoms with Crippen molar-refractivity contribution in [1.82, 2.24) is 4.98 Å². The molecule has 5 heteroatoms. The fourth-order valence-electron chi connectivity index (χ4n) is 2.20. The lowest BCUT2D eigenvalue weighted by molar-refractivity contribution is 0.586. The molecular weight excluding hydrogens is 302 g/mol. The van der Waals surface area contributed by atoms with E-state index in [4.69, 9.17) is 0 Å². The van der Waals surface area contributed by atoms with Gasteiger partial charge in [0.1, 0.15) is 11.3 Å². The van der Waals surface area contributed by atoms with Crippen LogP contribution in [0.1, 0.15) is 18.2 Å². The van der Waals surface area contributed by atoms with Crippen LogP contribution in [0.2, 0.25) is 0 Å². The fraction of sp³-hybridized carbons (Fsp3) is 0.308. The van der Waals surface area contributed by atoms with E-state index >= 15 is 0 Å². The highest BCUT2D eigenvalue weighted by Gasteiger charge is 2.18. The number of halogens is 3. The van der Waals surface area contributed by atoms with Gasteiger partial charge in [-0.1, -0.05) is 6.92 Å². The molecule has 2 nitrogen and oxygen atoms in total. The van der Waals surface area contributed by atoms with Gasteiger partial charge < -0.3 is 5.32 Å². The van der Waals surface area contributed by atoms with Gasteiger partial charge in [0.2, 0.25) is 0 Å². The third-order valence-electron chi connectivity index (χ3n) is 3.02. The Bertz CT molecular complexity index is 626. The number of anilines is 1. The van der Waals surface area contributed by atoms with E-state index in [0.29, 0.717) is 5.39 Å². The lowest BCUT2D eigenvalue weighted by Gasteiger charge is -2.15. The summed E-state index contributed by atoms with van der Waals surface area (Å²) in [6, 6.07) is 0.851. The first-order valence-electron chi connectivity index (χ1n) is 5.65. The normalized spacial score (nSPS) is 11.0. The van der Waals surface area contributed by atoms with Crippen LogP contribution in [0.4, 0.5) is 14.5 Å². The Morgan fingerprint density at radius 2 is 2.00 bits per heavy atom. The van der Waals surface area contributed by atoms with Crippen molar-refractivity contribution in [2.24, 2.45) is 0 Å². The van der Waals surface area contributed by atoms with Crippen molar-refractivity contribution in [3.63, 3.8) is 0 Å². The number of benzene rings is 1. The molecule has 0 aliphatic rings. The van der Waals surface area contributed by atoms with Crippen LogP contribution in [0.25, 0.3) is 10.9 Å². The van der Waals surface area contributed by atoms with Crippen molar-refractivity contribution in [3.8, 4) is 0 Å². The summed E-state index contributed by atoms with van der Waals surface area (Å²) in [4.78, 5) is 4.24. The smallest absolute Gasteiger partial charge is 0.152 e. The summed E-state index contributed by atoms with van der Waals surface area (Å²) in [5.74, 6) is -1.27. The van der Waals surface area contributed by atoms with Gasteiger partial charge in [-0.3, -0.25) is 0 Å². The van der Waals surface area contributed by atoms with E-state index < -0.39 is 11.6 Å². The minimum absolute atomic E-state index is 0.183. The molecule has 2 rings (SSSR count). The maximum absolute atomic E-state index is 13.8. The number of aromatic nitrogens is 1. The number of nitrogens with zero attached hydrogens (tertiary/aromatic N) is 1. The zero-order valence-electron chi connectivity index (χ0n) is 10.4. The van der Waals surface area contributed by atoms with E-state index in [2.05, 4.69) is 26.2 Å². The van der Waals surface area contributed by atoms with Gasteiger partial charge in [-0.25, -0.2) is 13.8 Å². The van der Waals surface area contributed by atoms with E-state index in [-0.39, 0.29) is 9.99 Å². The second-order valence-corrected chi connectivity index (χ2v) is 4.83. The molecule has 0 unspecified atom stereocenters. The van der Waals surface area contributed by atoms with Gasteiger partial charge in [0.25, 0.3) is 0 Å². The van der Waals surface area contributed by atoms with Gasteiger partial charge in [-0.15, -0.1) is 0 Å². The van der Waals surface area contributed by atoms with Gasteiger partial charge in [0.15, 0.2) is 5.82 Å². The first-order chi connectivity index (χ1) is 8.51. The standard InChI is InChI=1S/C13H13BrF2N2/c1-4-7-6(2)18-13-9(16)5-8(15)11(14)10(13)12(7)17-3/h5H,4H2,1-3H3,(H,17,18). The highest BCUT2D eigenvalue weighted by molar-refractivity contribution is 9.10. The highest BCUT2D eigenvalue weighted by atomic mass is 79.9. The van der Waals surface area contributed by atoms with Crippen molar-refractivity contribution in [3.05, 3.63) is 33.4 Å². The number of hydrogen-bond donors (Lipinski definition) is 1. The van der Waals surface area contributed by atoms with Gasteiger partial charge >= 0.3 is 0 Å². The van der Waals surface area contributed by atoms with Crippen molar-refractivity contribution >= 4 is 32.5 Å². The Kier molecular flexibility index (Phi) is 3.52. The van der Waals surface area contributed by atoms with E-state index in [9.17, 15) is 8.78 Å². The summed E-state index contributed by atoms with van der Waals surface area (Å²) in [6.07, 6.45) is 0.746. The van der Waals surface area contributed by atoms with Crippen LogP contribution in [-0.2, 0) is 6.42 Å². The van der Waals surface area contributed by atoms with E-state index in [0.717, 1.165) is 29.4 Å². The third kappa shape index (κ3) is 1.86. The summed E-state index contributed by atoms with van der Waals surface area (Å²) in [5.41, 5.74) is 2.63. The topological polar surface area (TPSA) is 24.9 Å². The summed E-state index contributed by atoms with van der Waals surface area (Å²) in [6.45, 7) is 3.82. The van der Waals surface area contributed by atoms with Crippen molar-refractivity contribution < 1.29 is 8.78 Å². The molecule has 0 aliphatic carbocycles. The molecule has 1 N–H and O–H groups in total. The Morgan fingerprint density at radius 3 is 2.56 bits per heavy atom. The Balaban J connectivity index is 3.03. The molecule has 18 heavy (non-hydrogen) atoms. The molecule has 0 radical (unpaired) electrons. The van der Waals surface area contributed by atoms with Crippen LogP contribution in [0.3, 0.4) is 0 Å². The van der Waals surface area contributed by atoms with Crippen molar-refractivity contribution in [2.45, 2.75) is 20.3 Å².